The fourth-order valence-electron chi connectivity index (χ4n) is 1.88. The summed E-state index contributed by atoms with van der Waals surface area (Å²) < 4.78 is 0. The van der Waals surface area contributed by atoms with E-state index in [0.717, 1.165) is 10.9 Å². The average Bonchev–Trinajstić information content (AvgIpc) is 2.90. The minimum absolute atomic E-state index is 0.281. The highest BCUT2D eigenvalue weighted by Gasteiger charge is 2.12. The Morgan fingerprint density at radius 1 is 1.15 bits per heavy atom. The summed E-state index contributed by atoms with van der Waals surface area (Å²) in [4.78, 5) is 12.2. The molecular weight excluding hydrogens is 297 g/mol. The standard InChI is InChI=1S/C14H9Cl2N3O/c15-10-2-1-3-11(16)13(10)18-14(20)8-4-5-9-7-17-19-12(9)6-8/h1-7H,(H,17,19)(H,18,20). The molecule has 1 heterocycles. The summed E-state index contributed by atoms with van der Waals surface area (Å²) in [6.07, 6.45) is 1.70. The molecule has 0 atom stereocenters. The second kappa shape index (κ2) is 5.15. The lowest BCUT2D eigenvalue weighted by Gasteiger charge is -2.09. The topological polar surface area (TPSA) is 57.8 Å². The van der Waals surface area contributed by atoms with Crippen molar-refractivity contribution in [3.63, 3.8) is 0 Å². The van der Waals surface area contributed by atoms with Crippen LogP contribution in [0.4, 0.5) is 5.69 Å². The van der Waals surface area contributed by atoms with E-state index in [1.165, 1.54) is 0 Å². The zero-order valence-electron chi connectivity index (χ0n) is 10.2. The molecule has 0 bridgehead atoms. The highest BCUT2D eigenvalue weighted by molar-refractivity contribution is 6.40. The molecule has 6 heteroatoms. The van der Waals surface area contributed by atoms with Crippen molar-refractivity contribution in [3.05, 3.63) is 58.2 Å². The van der Waals surface area contributed by atoms with Crippen LogP contribution in [0.1, 0.15) is 10.4 Å². The quantitative estimate of drug-likeness (QED) is 0.748. The summed E-state index contributed by atoms with van der Waals surface area (Å²) in [6.45, 7) is 0. The van der Waals surface area contributed by atoms with Crippen molar-refractivity contribution in [2.45, 2.75) is 0 Å². The third-order valence-electron chi connectivity index (χ3n) is 2.91. The zero-order chi connectivity index (χ0) is 14.1. The van der Waals surface area contributed by atoms with Crippen molar-refractivity contribution in [2.24, 2.45) is 0 Å². The van der Waals surface area contributed by atoms with Gasteiger partial charge >= 0.3 is 0 Å². The van der Waals surface area contributed by atoms with Gasteiger partial charge < -0.3 is 5.32 Å². The Morgan fingerprint density at radius 2 is 1.90 bits per heavy atom. The van der Waals surface area contributed by atoms with E-state index in [-0.39, 0.29) is 5.91 Å². The van der Waals surface area contributed by atoms with E-state index in [4.69, 9.17) is 23.2 Å². The monoisotopic (exact) mass is 305 g/mol. The minimum atomic E-state index is -0.281. The molecular formula is C14H9Cl2N3O. The predicted molar refractivity (Wildman–Crippen MR) is 80.5 cm³/mol. The van der Waals surface area contributed by atoms with E-state index >= 15 is 0 Å². The predicted octanol–water partition coefficient (Wildman–Crippen LogP) is 4.12. The fraction of sp³-hybridized carbons (Fsp3) is 0. The maximum absolute atomic E-state index is 12.2. The summed E-state index contributed by atoms with van der Waals surface area (Å²) in [5, 5.41) is 11.2. The lowest BCUT2D eigenvalue weighted by molar-refractivity contribution is 0.102. The van der Waals surface area contributed by atoms with Gasteiger partial charge in [-0.3, -0.25) is 9.89 Å². The van der Waals surface area contributed by atoms with Gasteiger partial charge in [0.25, 0.3) is 5.91 Å². The number of carbonyl (C=O) groups is 1. The Labute approximate surface area is 124 Å². The zero-order valence-corrected chi connectivity index (χ0v) is 11.7. The van der Waals surface area contributed by atoms with Crippen molar-refractivity contribution >= 4 is 45.7 Å². The molecule has 0 saturated carbocycles. The van der Waals surface area contributed by atoms with Gasteiger partial charge in [-0.15, -0.1) is 0 Å². The van der Waals surface area contributed by atoms with Gasteiger partial charge in [0.05, 0.1) is 27.4 Å². The van der Waals surface area contributed by atoms with Crippen LogP contribution in [0.3, 0.4) is 0 Å². The number of halogens is 2. The molecule has 2 aromatic carbocycles. The van der Waals surface area contributed by atoms with Crippen LogP contribution >= 0.6 is 23.2 Å². The number of amides is 1. The Balaban J connectivity index is 1.92. The molecule has 3 aromatic rings. The highest BCUT2D eigenvalue weighted by atomic mass is 35.5. The number of fused-ring (bicyclic) bond motifs is 1. The van der Waals surface area contributed by atoms with E-state index in [0.29, 0.717) is 21.3 Å². The van der Waals surface area contributed by atoms with Gasteiger partial charge in [-0.05, 0) is 24.3 Å². The summed E-state index contributed by atoms with van der Waals surface area (Å²) >= 11 is 12.0. The molecule has 4 nitrogen and oxygen atoms in total. The first-order valence-corrected chi connectivity index (χ1v) is 6.59. The Hall–Kier alpha value is -2.04. The first kappa shape index (κ1) is 13.0. The maximum atomic E-state index is 12.2. The molecule has 20 heavy (non-hydrogen) atoms. The lowest BCUT2D eigenvalue weighted by atomic mass is 10.1. The van der Waals surface area contributed by atoms with Gasteiger partial charge in [-0.2, -0.15) is 5.10 Å². The number of H-pyrrole nitrogens is 1. The number of benzene rings is 2. The third kappa shape index (κ3) is 2.35. The molecule has 1 aromatic heterocycles. The molecule has 3 rings (SSSR count). The Bertz CT molecular complexity index is 778. The van der Waals surface area contributed by atoms with Gasteiger partial charge in [-0.25, -0.2) is 0 Å². The lowest BCUT2D eigenvalue weighted by Crippen LogP contribution is -2.12. The molecule has 0 saturated heterocycles. The van der Waals surface area contributed by atoms with E-state index < -0.39 is 0 Å². The van der Waals surface area contributed by atoms with Crippen LogP contribution in [0.2, 0.25) is 10.0 Å². The number of carbonyl (C=O) groups excluding carboxylic acids is 1. The molecule has 1 amide bonds. The minimum Gasteiger partial charge on any atom is -0.319 e. The molecule has 0 radical (unpaired) electrons. The molecule has 0 aliphatic rings. The maximum Gasteiger partial charge on any atom is 0.255 e. The Kier molecular flexibility index (Phi) is 3.34. The van der Waals surface area contributed by atoms with Crippen LogP contribution in [0.25, 0.3) is 10.9 Å². The van der Waals surface area contributed by atoms with Crippen LogP contribution in [0.15, 0.2) is 42.6 Å². The second-order valence-electron chi connectivity index (χ2n) is 4.22. The highest BCUT2D eigenvalue weighted by Crippen LogP contribution is 2.30. The van der Waals surface area contributed by atoms with Gasteiger partial charge in [0, 0.05) is 10.9 Å². The number of hydrogen-bond acceptors (Lipinski definition) is 2. The van der Waals surface area contributed by atoms with Crippen LogP contribution in [-0.4, -0.2) is 16.1 Å². The number of aromatic nitrogens is 2. The van der Waals surface area contributed by atoms with E-state index in [1.807, 2.05) is 6.07 Å². The first-order valence-electron chi connectivity index (χ1n) is 5.83. The number of nitrogens with zero attached hydrogens (tertiary/aromatic N) is 1. The normalized spacial score (nSPS) is 10.7. The van der Waals surface area contributed by atoms with Crippen molar-refractivity contribution in [3.8, 4) is 0 Å². The number of hydrogen-bond donors (Lipinski definition) is 2. The van der Waals surface area contributed by atoms with Crippen LogP contribution in [0.5, 0.6) is 0 Å². The molecule has 0 fully saturated rings. The molecule has 100 valence electrons. The fourth-order valence-corrected chi connectivity index (χ4v) is 2.37. The van der Waals surface area contributed by atoms with Crippen molar-refractivity contribution in [1.82, 2.24) is 10.2 Å². The first-order chi connectivity index (χ1) is 9.65. The number of aromatic amines is 1. The number of anilines is 1. The molecule has 2 N–H and O–H groups in total. The van der Waals surface area contributed by atoms with Gasteiger partial charge in [-0.1, -0.05) is 35.3 Å². The van der Waals surface area contributed by atoms with Crippen LogP contribution < -0.4 is 5.32 Å². The summed E-state index contributed by atoms with van der Waals surface area (Å²) in [6, 6.07) is 10.3. The molecule has 0 spiro atoms. The Morgan fingerprint density at radius 3 is 2.65 bits per heavy atom. The second-order valence-corrected chi connectivity index (χ2v) is 5.04. The summed E-state index contributed by atoms with van der Waals surface area (Å²) in [7, 11) is 0. The van der Waals surface area contributed by atoms with Crippen molar-refractivity contribution < 1.29 is 4.79 Å². The van der Waals surface area contributed by atoms with Crippen molar-refractivity contribution in [1.29, 1.82) is 0 Å². The molecule has 0 unspecified atom stereocenters. The van der Waals surface area contributed by atoms with Crippen LogP contribution in [-0.2, 0) is 0 Å². The van der Waals surface area contributed by atoms with Crippen LogP contribution in [0, 0.1) is 0 Å². The molecule has 0 aliphatic carbocycles. The summed E-state index contributed by atoms with van der Waals surface area (Å²) in [5.74, 6) is -0.281. The van der Waals surface area contributed by atoms with Crippen molar-refractivity contribution in [2.75, 3.05) is 5.32 Å². The van der Waals surface area contributed by atoms with Gasteiger partial charge in [0.15, 0.2) is 0 Å². The number of rotatable bonds is 2. The SMILES string of the molecule is O=C(Nc1c(Cl)cccc1Cl)c1ccc2cn[nH]c2c1. The van der Waals surface area contributed by atoms with E-state index in [1.54, 1.807) is 36.5 Å². The van der Waals surface area contributed by atoms with E-state index in [2.05, 4.69) is 15.5 Å². The number of nitrogens with one attached hydrogen (secondary N) is 2. The largest absolute Gasteiger partial charge is 0.319 e. The average molecular weight is 306 g/mol. The number of para-hydroxylation sites is 1. The third-order valence-corrected chi connectivity index (χ3v) is 3.54. The smallest absolute Gasteiger partial charge is 0.255 e. The van der Waals surface area contributed by atoms with Gasteiger partial charge in [0.1, 0.15) is 0 Å². The van der Waals surface area contributed by atoms with Gasteiger partial charge in [0.2, 0.25) is 0 Å². The summed E-state index contributed by atoms with van der Waals surface area (Å²) in [5.41, 5.74) is 1.70. The molecule has 0 aliphatic heterocycles. The van der Waals surface area contributed by atoms with E-state index in [9.17, 15) is 4.79 Å².